The first-order valence-corrected chi connectivity index (χ1v) is 14.4. The second kappa shape index (κ2) is 14.4. The summed E-state index contributed by atoms with van der Waals surface area (Å²) in [4.78, 5) is 17.4. The summed E-state index contributed by atoms with van der Waals surface area (Å²) in [5.74, 6) is -0.744. The lowest BCUT2D eigenvalue weighted by Crippen LogP contribution is -2.29. The summed E-state index contributed by atoms with van der Waals surface area (Å²) in [6.45, 7) is 13.4. The molecule has 1 aromatic carbocycles. The molecular weight excluding hydrogens is 503 g/mol. The van der Waals surface area contributed by atoms with Crippen molar-refractivity contribution in [3.05, 3.63) is 84.1 Å². The summed E-state index contributed by atoms with van der Waals surface area (Å²) >= 11 is 0. The lowest BCUT2D eigenvalue weighted by Gasteiger charge is -2.20. The molecule has 0 aliphatic heterocycles. The Morgan fingerprint density at radius 3 is 2.37 bits per heavy atom. The zero-order valence-electron chi connectivity index (χ0n) is 22.7. The average Bonchev–Trinajstić information content (AvgIpc) is 3.33. The molecular formula is C29H37FN4O3S. The molecule has 7 nitrogen and oxygen atoms in total. The maximum absolute atomic E-state index is 13.4. The van der Waals surface area contributed by atoms with Crippen molar-refractivity contribution in [1.29, 1.82) is 0 Å². The van der Waals surface area contributed by atoms with Gasteiger partial charge in [-0.05, 0) is 61.4 Å². The summed E-state index contributed by atoms with van der Waals surface area (Å²) in [6.07, 6.45) is 8.94. The zero-order chi connectivity index (χ0) is 28.3. The number of aromatic nitrogens is 3. The zero-order valence-corrected chi connectivity index (χ0v) is 23.6. The number of nitrogens with zero attached hydrogens (tertiary/aromatic N) is 3. The minimum absolute atomic E-state index is 0.00590. The Balaban J connectivity index is 0.00000161. The van der Waals surface area contributed by atoms with Crippen LogP contribution in [-0.2, 0) is 14.6 Å². The molecule has 0 spiro atoms. The molecule has 0 saturated carbocycles. The number of nitrogens with one attached hydrogen (secondary N) is 1. The molecule has 0 saturated heterocycles. The van der Waals surface area contributed by atoms with E-state index in [1.165, 1.54) is 30.8 Å². The molecule has 3 aromatic rings. The molecule has 1 N–H and O–H groups in total. The van der Waals surface area contributed by atoms with E-state index >= 15 is 0 Å². The van der Waals surface area contributed by atoms with Gasteiger partial charge in [0.25, 0.3) is 5.91 Å². The number of benzene rings is 1. The van der Waals surface area contributed by atoms with Gasteiger partial charge in [0, 0.05) is 17.3 Å². The summed E-state index contributed by atoms with van der Waals surface area (Å²) in [5.41, 5.74) is 2.86. The van der Waals surface area contributed by atoms with Crippen LogP contribution >= 0.6 is 0 Å². The highest BCUT2D eigenvalue weighted by Gasteiger charge is 2.23. The van der Waals surface area contributed by atoms with E-state index in [1.54, 1.807) is 55.1 Å². The molecule has 0 bridgehead atoms. The van der Waals surface area contributed by atoms with Crippen molar-refractivity contribution < 1.29 is 17.6 Å². The highest BCUT2D eigenvalue weighted by atomic mass is 32.2. The van der Waals surface area contributed by atoms with Crippen LogP contribution < -0.4 is 5.32 Å². The van der Waals surface area contributed by atoms with Gasteiger partial charge >= 0.3 is 0 Å². The lowest BCUT2D eigenvalue weighted by molar-refractivity contribution is -0.116. The van der Waals surface area contributed by atoms with Crippen molar-refractivity contribution in [2.45, 2.75) is 64.9 Å². The number of amides is 1. The Morgan fingerprint density at radius 2 is 1.82 bits per heavy atom. The molecule has 1 amide bonds. The van der Waals surface area contributed by atoms with Gasteiger partial charge in [-0.15, -0.1) is 0 Å². The Kier molecular flexibility index (Phi) is 11.6. The average molecular weight is 541 g/mol. The fourth-order valence-corrected chi connectivity index (χ4v) is 4.60. The van der Waals surface area contributed by atoms with Gasteiger partial charge in [0.1, 0.15) is 5.82 Å². The Bertz CT molecular complexity index is 1360. The third-order valence-electron chi connectivity index (χ3n) is 5.64. The number of allylic oxidation sites excluding steroid dienone is 1. The topological polar surface area (TPSA) is 93.9 Å². The van der Waals surface area contributed by atoms with Gasteiger partial charge in [0.15, 0.2) is 14.9 Å². The van der Waals surface area contributed by atoms with E-state index in [2.05, 4.69) is 35.8 Å². The van der Waals surface area contributed by atoms with Crippen molar-refractivity contribution >= 4 is 27.4 Å². The summed E-state index contributed by atoms with van der Waals surface area (Å²) < 4.78 is 39.6. The summed E-state index contributed by atoms with van der Waals surface area (Å²) in [6, 6.07) is 8.70. The first-order chi connectivity index (χ1) is 18.2. The normalized spacial score (nSPS) is 12.3. The first kappa shape index (κ1) is 30.6. The largest absolute Gasteiger partial charge is 0.345 e. The minimum atomic E-state index is -3.48. The fraction of sp³-hybridized carbons (Fsp3) is 0.345. The van der Waals surface area contributed by atoms with E-state index in [9.17, 15) is 17.6 Å². The first-order valence-electron chi connectivity index (χ1n) is 12.8. The van der Waals surface area contributed by atoms with Crippen molar-refractivity contribution in [1.82, 2.24) is 20.1 Å². The third-order valence-corrected chi connectivity index (χ3v) is 7.26. The number of halogens is 1. The van der Waals surface area contributed by atoms with Crippen molar-refractivity contribution in [2.24, 2.45) is 0 Å². The van der Waals surface area contributed by atoms with E-state index in [0.717, 1.165) is 6.42 Å². The molecule has 38 heavy (non-hydrogen) atoms. The second-order valence-electron chi connectivity index (χ2n) is 8.59. The van der Waals surface area contributed by atoms with Crippen LogP contribution in [0.2, 0.25) is 0 Å². The van der Waals surface area contributed by atoms with Crippen LogP contribution in [0.5, 0.6) is 0 Å². The number of pyridine rings is 1. The van der Waals surface area contributed by atoms with Gasteiger partial charge in [-0.2, -0.15) is 5.10 Å². The molecule has 3 rings (SSSR count). The van der Waals surface area contributed by atoms with Crippen LogP contribution in [0.3, 0.4) is 0 Å². The smallest absolute Gasteiger partial charge is 0.252 e. The van der Waals surface area contributed by atoms with E-state index < -0.39 is 15.9 Å². The van der Waals surface area contributed by atoms with Gasteiger partial charge in [-0.25, -0.2) is 22.5 Å². The summed E-state index contributed by atoms with van der Waals surface area (Å²) in [7, 11) is -3.48. The molecule has 1 unspecified atom stereocenters. The van der Waals surface area contributed by atoms with Crippen LogP contribution in [0, 0.1) is 5.82 Å². The van der Waals surface area contributed by atoms with Gasteiger partial charge < -0.3 is 5.32 Å². The van der Waals surface area contributed by atoms with E-state index in [4.69, 9.17) is 0 Å². The molecule has 2 heterocycles. The van der Waals surface area contributed by atoms with E-state index in [0.29, 0.717) is 34.5 Å². The van der Waals surface area contributed by atoms with Gasteiger partial charge in [-0.3, -0.25) is 4.79 Å². The standard InChI is InChI=1S/C26H29FN4O3S.C3H8/c1-5-9-23(18-14-15-28-25(16-18)35(33,34)8-4)30-26(32)21(6-2)22-17-29-31(24(22)7-3)20-12-10-19(27)11-13-20;1-3-2/h6-7,10-17,23H,3,5,8-9H2,1-2,4H3,(H,30,32);3H2,1-2H3/b21-6+;. The minimum Gasteiger partial charge on any atom is -0.345 e. The molecule has 0 aliphatic carbocycles. The fourth-order valence-electron chi connectivity index (χ4n) is 3.77. The van der Waals surface area contributed by atoms with Crippen molar-refractivity contribution in [2.75, 3.05) is 5.75 Å². The molecule has 9 heteroatoms. The van der Waals surface area contributed by atoms with Crippen LogP contribution in [0.4, 0.5) is 4.39 Å². The highest BCUT2D eigenvalue weighted by molar-refractivity contribution is 7.91. The second-order valence-corrected chi connectivity index (χ2v) is 10.8. The van der Waals surface area contributed by atoms with Crippen molar-refractivity contribution in [3.8, 4) is 5.69 Å². The Morgan fingerprint density at radius 1 is 1.16 bits per heavy atom. The maximum atomic E-state index is 13.4. The van der Waals surface area contributed by atoms with Gasteiger partial charge in [0.2, 0.25) is 0 Å². The van der Waals surface area contributed by atoms with Crippen molar-refractivity contribution in [3.63, 3.8) is 0 Å². The SMILES string of the molecule is C=Cc1c(/C(=C\C)C(=O)NC(CCC)c2ccnc(S(=O)(=O)CC)c2)cnn1-c1ccc(F)cc1.CCC. The van der Waals surface area contributed by atoms with Crippen LogP contribution in [-0.4, -0.2) is 34.8 Å². The number of hydrogen-bond donors (Lipinski definition) is 1. The summed E-state index contributed by atoms with van der Waals surface area (Å²) in [5, 5.41) is 7.42. The van der Waals surface area contributed by atoms with Crippen LogP contribution in [0.1, 0.15) is 76.7 Å². The maximum Gasteiger partial charge on any atom is 0.252 e. The predicted octanol–water partition coefficient (Wildman–Crippen LogP) is 6.32. The van der Waals surface area contributed by atoms with Crippen LogP contribution in [0.25, 0.3) is 17.3 Å². The molecule has 0 radical (unpaired) electrons. The number of rotatable bonds is 10. The molecule has 2 aromatic heterocycles. The third kappa shape index (κ3) is 7.47. The van der Waals surface area contributed by atoms with Crippen LogP contribution in [0.15, 0.2) is 66.5 Å². The number of carbonyl (C=O) groups excluding carboxylic acids is 1. The predicted molar refractivity (Wildman–Crippen MR) is 151 cm³/mol. The van der Waals surface area contributed by atoms with E-state index in [-0.39, 0.29) is 22.5 Å². The molecule has 1 atom stereocenters. The number of hydrogen-bond acceptors (Lipinski definition) is 5. The van der Waals surface area contributed by atoms with Gasteiger partial charge in [-0.1, -0.05) is 53.2 Å². The Hall–Kier alpha value is -3.59. The lowest BCUT2D eigenvalue weighted by atomic mass is 10.0. The molecule has 0 fully saturated rings. The number of sulfone groups is 1. The molecule has 0 aliphatic rings. The molecule has 204 valence electrons. The van der Waals surface area contributed by atoms with Gasteiger partial charge in [0.05, 0.1) is 29.4 Å². The number of carbonyl (C=O) groups is 1. The Labute approximate surface area is 225 Å². The quantitative estimate of drug-likeness (QED) is 0.304. The van der Waals surface area contributed by atoms with E-state index in [1.807, 2.05) is 6.92 Å². The highest BCUT2D eigenvalue weighted by Crippen LogP contribution is 2.26. The monoisotopic (exact) mass is 540 g/mol.